The molecule has 1 aromatic carbocycles. The lowest BCUT2D eigenvalue weighted by atomic mass is 10.1. The van der Waals surface area contributed by atoms with Crippen LogP contribution in [-0.4, -0.2) is 22.7 Å². The van der Waals surface area contributed by atoms with Crippen molar-refractivity contribution in [3.05, 3.63) is 53.2 Å². The Morgan fingerprint density at radius 3 is 2.85 bits per heavy atom. The van der Waals surface area contributed by atoms with Gasteiger partial charge in [0.25, 0.3) is 5.91 Å². The second-order valence-corrected chi connectivity index (χ2v) is 7.33. The zero-order valence-electron chi connectivity index (χ0n) is 13.7. The molecule has 0 atom stereocenters. The van der Waals surface area contributed by atoms with Gasteiger partial charge in [0.1, 0.15) is 17.0 Å². The highest BCUT2D eigenvalue weighted by Crippen LogP contribution is 2.36. The first-order valence-corrected chi connectivity index (χ1v) is 9.67. The number of nitrogens with zero attached hydrogens (tertiary/aromatic N) is 2. The minimum absolute atomic E-state index is 0.228. The molecular formula is C18H11N3O4S2. The number of furan rings is 1. The number of benzene rings is 1. The summed E-state index contributed by atoms with van der Waals surface area (Å²) in [5.41, 5.74) is 2.84. The van der Waals surface area contributed by atoms with Gasteiger partial charge in [-0.3, -0.25) is 10.1 Å². The molecule has 0 unspecified atom stereocenters. The second-order valence-electron chi connectivity index (χ2n) is 5.61. The second kappa shape index (κ2) is 6.53. The van der Waals surface area contributed by atoms with Gasteiger partial charge < -0.3 is 13.9 Å². The van der Waals surface area contributed by atoms with Gasteiger partial charge in [0.05, 0.1) is 12.0 Å². The van der Waals surface area contributed by atoms with Crippen molar-refractivity contribution >= 4 is 33.7 Å². The average Bonchev–Trinajstić information content (AvgIpc) is 3.47. The Bertz CT molecular complexity index is 1120. The number of carbonyl (C=O) groups excluding carboxylic acids is 1. The van der Waals surface area contributed by atoms with Gasteiger partial charge >= 0.3 is 0 Å². The van der Waals surface area contributed by atoms with Gasteiger partial charge in [-0.1, -0.05) is 0 Å². The minimum atomic E-state index is -0.299. The van der Waals surface area contributed by atoms with Crippen LogP contribution >= 0.6 is 22.7 Å². The first-order chi connectivity index (χ1) is 13.3. The van der Waals surface area contributed by atoms with Gasteiger partial charge in [0, 0.05) is 21.9 Å². The van der Waals surface area contributed by atoms with E-state index in [-0.39, 0.29) is 12.7 Å². The van der Waals surface area contributed by atoms with Crippen LogP contribution in [0, 0.1) is 0 Å². The van der Waals surface area contributed by atoms with E-state index in [9.17, 15) is 4.79 Å². The van der Waals surface area contributed by atoms with Crippen molar-refractivity contribution in [2.24, 2.45) is 0 Å². The number of ether oxygens (including phenoxy) is 2. The van der Waals surface area contributed by atoms with E-state index in [1.807, 2.05) is 23.6 Å². The van der Waals surface area contributed by atoms with Crippen molar-refractivity contribution in [2.45, 2.75) is 0 Å². The number of thiazole rings is 2. The summed E-state index contributed by atoms with van der Waals surface area (Å²) in [5.74, 6) is 1.12. The topological polar surface area (TPSA) is 86.5 Å². The van der Waals surface area contributed by atoms with Gasteiger partial charge in [-0.2, -0.15) is 0 Å². The molecule has 0 aliphatic carbocycles. The van der Waals surface area contributed by atoms with Crippen LogP contribution in [0.4, 0.5) is 5.13 Å². The van der Waals surface area contributed by atoms with Crippen LogP contribution in [-0.2, 0) is 0 Å². The minimum Gasteiger partial charge on any atom is -0.472 e. The SMILES string of the molecule is O=C(Nc1nc(-c2ccc3c(c2)OCO3)cs1)c1csc(-c2ccoc2)n1. The van der Waals surface area contributed by atoms with Crippen LogP contribution in [0.5, 0.6) is 11.5 Å². The van der Waals surface area contributed by atoms with E-state index in [0.29, 0.717) is 16.6 Å². The highest BCUT2D eigenvalue weighted by molar-refractivity contribution is 7.14. The smallest absolute Gasteiger partial charge is 0.276 e. The fourth-order valence-electron chi connectivity index (χ4n) is 2.58. The third-order valence-corrected chi connectivity index (χ3v) is 5.55. The van der Waals surface area contributed by atoms with Gasteiger partial charge in [0.2, 0.25) is 6.79 Å². The molecule has 0 saturated carbocycles. The molecule has 1 N–H and O–H groups in total. The van der Waals surface area contributed by atoms with Crippen molar-refractivity contribution in [3.8, 4) is 33.3 Å². The number of anilines is 1. The molecule has 7 nitrogen and oxygen atoms in total. The van der Waals surface area contributed by atoms with Crippen molar-refractivity contribution < 1.29 is 18.7 Å². The predicted octanol–water partition coefficient (Wildman–Crippen LogP) is 4.51. The highest BCUT2D eigenvalue weighted by Gasteiger charge is 2.17. The van der Waals surface area contributed by atoms with Crippen LogP contribution in [0.25, 0.3) is 21.8 Å². The summed E-state index contributed by atoms with van der Waals surface area (Å²) < 4.78 is 15.8. The van der Waals surface area contributed by atoms with Gasteiger partial charge in [0.15, 0.2) is 16.6 Å². The summed E-state index contributed by atoms with van der Waals surface area (Å²) >= 11 is 2.74. The van der Waals surface area contributed by atoms with Gasteiger partial charge in [-0.25, -0.2) is 9.97 Å². The van der Waals surface area contributed by atoms with Crippen molar-refractivity contribution in [2.75, 3.05) is 12.1 Å². The van der Waals surface area contributed by atoms with E-state index in [1.54, 1.807) is 24.0 Å². The molecule has 1 aliphatic rings. The molecule has 0 fully saturated rings. The number of carbonyl (C=O) groups is 1. The maximum Gasteiger partial charge on any atom is 0.276 e. The van der Waals surface area contributed by atoms with Crippen LogP contribution in [0.1, 0.15) is 10.5 Å². The molecule has 134 valence electrons. The monoisotopic (exact) mass is 397 g/mol. The van der Waals surface area contributed by atoms with Crippen molar-refractivity contribution in [3.63, 3.8) is 0 Å². The molecule has 5 rings (SSSR count). The molecule has 27 heavy (non-hydrogen) atoms. The lowest BCUT2D eigenvalue weighted by molar-refractivity contribution is 0.102. The van der Waals surface area contributed by atoms with E-state index in [4.69, 9.17) is 13.9 Å². The first kappa shape index (κ1) is 16.0. The summed E-state index contributed by atoms with van der Waals surface area (Å²) in [6.45, 7) is 0.228. The molecule has 0 bridgehead atoms. The Kier molecular flexibility index (Phi) is 3.88. The van der Waals surface area contributed by atoms with Crippen LogP contribution < -0.4 is 14.8 Å². The van der Waals surface area contributed by atoms with E-state index in [1.165, 1.54) is 22.7 Å². The molecule has 1 amide bonds. The Labute approximate surface area is 161 Å². The Morgan fingerprint density at radius 1 is 1.04 bits per heavy atom. The molecule has 4 aromatic rings. The Morgan fingerprint density at radius 2 is 1.96 bits per heavy atom. The fourth-order valence-corrected chi connectivity index (χ4v) is 4.08. The lowest BCUT2D eigenvalue weighted by Crippen LogP contribution is -2.12. The molecule has 0 radical (unpaired) electrons. The summed E-state index contributed by atoms with van der Waals surface area (Å²) in [6, 6.07) is 7.44. The van der Waals surface area contributed by atoms with Crippen LogP contribution in [0.3, 0.4) is 0 Å². The zero-order valence-corrected chi connectivity index (χ0v) is 15.3. The summed E-state index contributed by atoms with van der Waals surface area (Å²) in [6.07, 6.45) is 3.17. The summed E-state index contributed by atoms with van der Waals surface area (Å²) in [7, 11) is 0. The highest BCUT2D eigenvalue weighted by atomic mass is 32.1. The molecule has 3 aromatic heterocycles. The Hall–Kier alpha value is -3.17. The van der Waals surface area contributed by atoms with E-state index < -0.39 is 0 Å². The molecule has 4 heterocycles. The molecular weight excluding hydrogens is 386 g/mol. The summed E-state index contributed by atoms with van der Waals surface area (Å²) in [5, 5.41) is 7.62. The quantitative estimate of drug-likeness (QED) is 0.545. The number of fused-ring (bicyclic) bond motifs is 1. The first-order valence-electron chi connectivity index (χ1n) is 7.91. The van der Waals surface area contributed by atoms with E-state index >= 15 is 0 Å². The van der Waals surface area contributed by atoms with E-state index in [2.05, 4.69) is 15.3 Å². The van der Waals surface area contributed by atoms with Crippen LogP contribution in [0.2, 0.25) is 0 Å². The lowest BCUT2D eigenvalue weighted by Gasteiger charge is -2.00. The number of aromatic nitrogens is 2. The number of rotatable bonds is 4. The maximum atomic E-state index is 12.4. The Balaban J connectivity index is 1.32. The summed E-state index contributed by atoms with van der Waals surface area (Å²) in [4.78, 5) is 21.3. The number of amides is 1. The van der Waals surface area contributed by atoms with Crippen molar-refractivity contribution in [1.29, 1.82) is 0 Å². The average molecular weight is 397 g/mol. The van der Waals surface area contributed by atoms with Gasteiger partial charge in [-0.15, -0.1) is 22.7 Å². The van der Waals surface area contributed by atoms with Gasteiger partial charge in [-0.05, 0) is 24.3 Å². The molecule has 0 spiro atoms. The normalized spacial score (nSPS) is 12.3. The maximum absolute atomic E-state index is 12.4. The van der Waals surface area contributed by atoms with Crippen LogP contribution in [0.15, 0.2) is 52.0 Å². The van der Waals surface area contributed by atoms with Crippen molar-refractivity contribution in [1.82, 2.24) is 9.97 Å². The zero-order chi connectivity index (χ0) is 18.2. The molecule has 1 aliphatic heterocycles. The number of hydrogen-bond donors (Lipinski definition) is 1. The third-order valence-electron chi connectivity index (χ3n) is 3.90. The number of hydrogen-bond acceptors (Lipinski definition) is 8. The largest absolute Gasteiger partial charge is 0.472 e. The molecule has 9 heteroatoms. The standard InChI is InChI=1S/C18H11N3O4S2/c22-16(13-8-26-17(19-13)11-3-4-23-6-11)21-18-20-12(7-27-18)10-1-2-14-15(5-10)25-9-24-14/h1-8H,9H2,(H,20,21,22). The fraction of sp³-hybridized carbons (Fsp3) is 0.0556. The van der Waals surface area contributed by atoms with E-state index in [0.717, 1.165) is 27.6 Å². The predicted molar refractivity (Wildman–Crippen MR) is 101 cm³/mol. The third kappa shape index (κ3) is 3.07. The number of nitrogens with one attached hydrogen (secondary N) is 1. The molecule has 0 saturated heterocycles.